The molecular weight excluding hydrogens is 361 g/mol. The summed E-state index contributed by atoms with van der Waals surface area (Å²) in [7, 11) is 1.07. The Hall–Kier alpha value is -2.74. The van der Waals surface area contributed by atoms with Crippen LogP contribution in [0.1, 0.15) is 26.3 Å². The van der Waals surface area contributed by atoms with Crippen molar-refractivity contribution in [1.29, 1.82) is 0 Å². The van der Waals surface area contributed by atoms with Crippen molar-refractivity contribution in [2.75, 3.05) is 12.4 Å². The van der Waals surface area contributed by atoms with Crippen LogP contribution in [0.5, 0.6) is 5.75 Å². The number of anilines is 1. The van der Waals surface area contributed by atoms with E-state index in [1.54, 1.807) is 0 Å². The molecule has 0 atom stereocenters. The van der Waals surface area contributed by atoms with Crippen LogP contribution in [0.2, 0.25) is 5.02 Å². The van der Waals surface area contributed by atoms with Gasteiger partial charge in [0.05, 0.1) is 23.3 Å². The normalized spacial score (nSPS) is 11.1. The SMILES string of the molecule is COc1cc(C(=O)Nc2ccc(Cl)c(C(N)=O)c2)ccc1C(F)(F)F. The highest BCUT2D eigenvalue weighted by molar-refractivity contribution is 6.34. The van der Waals surface area contributed by atoms with Gasteiger partial charge in [0, 0.05) is 11.3 Å². The molecule has 0 saturated heterocycles. The van der Waals surface area contributed by atoms with Crippen molar-refractivity contribution in [3.05, 3.63) is 58.1 Å². The van der Waals surface area contributed by atoms with Crippen molar-refractivity contribution in [3.8, 4) is 5.75 Å². The van der Waals surface area contributed by atoms with Crippen LogP contribution in [0.3, 0.4) is 0 Å². The van der Waals surface area contributed by atoms with Gasteiger partial charge in [0.2, 0.25) is 5.91 Å². The topological polar surface area (TPSA) is 81.4 Å². The molecule has 2 aromatic rings. The second-order valence-corrected chi connectivity index (χ2v) is 5.33. The minimum atomic E-state index is -4.60. The van der Waals surface area contributed by atoms with E-state index in [1.165, 1.54) is 18.2 Å². The second kappa shape index (κ2) is 7.02. The van der Waals surface area contributed by atoms with Gasteiger partial charge in [-0.3, -0.25) is 9.59 Å². The zero-order valence-electron chi connectivity index (χ0n) is 12.8. The molecule has 2 rings (SSSR count). The number of carbonyl (C=O) groups is 2. The van der Waals surface area contributed by atoms with E-state index in [2.05, 4.69) is 5.32 Å². The maximum atomic E-state index is 12.8. The van der Waals surface area contributed by atoms with Gasteiger partial charge in [-0.15, -0.1) is 0 Å². The number of hydrogen-bond donors (Lipinski definition) is 2. The average molecular weight is 373 g/mol. The third-order valence-electron chi connectivity index (χ3n) is 3.26. The Labute approximate surface area is 145 Å². The van der Waals surface area contributed by atoms with E-state index in [1.807, 2.05) is 0 Å². The number of methoxy groups -OCH3 is 1. The van der Waals surface area contributed by atoms with E-state index in [-0.39, 0.29) is 21.8 Å². The highest BCUT2D eigenvalue weighted by atomic mass is 35.5. The van der Waals surface area contributed by atoms with Crippen molar-refractivity contribution in [2.45, 2.75) is 6.18 Å². The van der Waals surface area contributed by atoms with Crippen LogP contribution < -0.4 is 15.8 Å². The molecule has 0 aliphatic carbocycles. The van der Waals surface area contributed by atoms with Gasteiger partial charge in [0.15, 0.2) is 0 Å². The lowest BCUT2D eigenvalue weighted by Gasteiger charge is -2.13. The molecule has 9 heteroatoms. The Morgan fingerprint density at radius 1 is 1.16 bits per heavy atom. The first-order valence-corrected chi connectivity index (χ1v) is 7.17. The van der Waals surface area contributed by atoms with Gasteiger partial charge < -0.3 is 15.8 Å². The van der Waals surface area contributed by atoms with Crippen LogP contribution in [-0.2, 0) is 6.18 Å². The molecule has 25 heavy (non-hydrogen) atoms. The molecule has 5 nitrogen and oxygen atoms in total. The van der Waals surface area contributed by atoms with Crippen LogP contribution in [0.15, 0.2) is 36.4 Å². The van der Waals surface area contributed by atoms with Crippen molar-refractivity contribution in [2.24, 2.45) is 5.73 Å². The number of nitrogens with one attached hydrogen (secondary N) is 1. The molecule has 0 fully saturated rings. The molecule has 2 amide bonds. The summed E-state index contributed by atoms with van der Waals surface area (Å²) in [6, 6.07) is 6.81. The van der Waals surface area contributed by atoms with E-state index < -0.39 is 29.3 Å². The second-order valence-electron chi connectivity index (χ2n) is 4.93. The first-order chi connectivity index (χ1) is 11.6. The average Bonchev–Trinajstić information content (AvgIpc) is 2.54. The summed E-state index contributed by atoms with van der Waals surface area (Å²) in [6.07, 6.45) is -4.60. The Bertz CT molecular complexity index is 838. The number of carbonyl (C=O) groups excluding carboxylic acids is 2. The van der Waals surface area contributed by atoms with E-state index in [4.69, 9.17) is 22.1 Å². The van der Waals surface area contributed by atoms with Crippen molar-refractivity contribution in [1.82, 2.24) is 0 Å². The maximum Gasteiger partial charge on any atom is 0.419 e. The Morgan fingerprint density at radius 3 is 2.40 bits per heavy atom. The molecule has 0 aliphatic rings. The highest BCUT2D eigenvalue weighted by Gasteiger charge is 2.34. The summed E-state index contributed by atoms with van der Waals surface area (Å²) < 4.78 is 43.2. The number of amides is 2. The molecule has 0 heterocycles. The predicted molar refractivity (Wildman–Crippen MR) is 85.9 cm³/mol. The minimum absolute atomic E-state index is 0.00414. The number of halogens is 4. The summed E-state index contributed by atoms with van der Waals surface area (Å²) in [5.41, 5.74) is 4.33. The molecular formula is C16H12ClF3N2O3. The Morgan fingerprint density at radius 2 is 1.84 bits per heavy atom. The molecule has 0 saturated carbocycles. The standard InChI is InChI=1S/C16H12ClF3N2O3/c1-25-13-6-8(2-4-11(13)16(18,19)20)15(24)22-9-3-5-12(17)10(7-9)14(21)23/h2-7H,1H3,(H2,21,23)(H,22,24). The van der Waals surface area contributed by atoms with Crippen LogP contribution in [0, 0.1) is 0 Å². The Kier molecular flexibility index (Phi) is 5.22. The van der Waals surface area contributed by atoms with E-state index in [0.717, 1.165) is 25.3 Å². The number of alkyl halides is 3. The molecule has 0 spiro atoms. The molecule has 0 unspecified atom stereocenters. The predicted octanol–water partition coefficient (Wildman–Crippen LogP) is 3.72. The number of benzene rings is 2. The molecule has 3 N–H and O–H groups in total. The number of primary amides is 1. The van der Waals surface area contributed by atoms with Gasteiger partial charge in [-0.2, -0.15) is 13.2 Å². The van der Waals surface area contributed by atoms with Crippen LogP contribution in [-0.4, -0.2) is 18.9 Å². The molecule has 0 bridgehead atoms. The minimum Gasteiger partial charge on any atom is -0.496 e. The largest absolute Gasteiger partial charge is 0.496 e. The molecule has 132 valence electrons. The fraction of sp³-hybridized carbons (Fsp3) is 0.125. The van der Waals surface area contributed by atoms with Gasteiger partial charge in [0.1, 0.15) is 5.75 Å². The lowest BCUT2D eigenvalue weighted by molar-refractivity contribution is -0.138. The van der Waals surface area contributed by atoms with Gasteiger partial charge in [-0.1, -0.05) is 11.6 Å². The van der Waals surface area contributed by atoms with Gasteiger partial charge in [-0.25, -0.2) is 0 Å². The first kappa shape index (κ1) is 18.6. The number of rotatable bonds is 4. The molecule has 0 radical (unpaired) electrons. The maximum absolute atomic E-state index is 12.8. The van der Waals surface area contributed by atoms with Gasteiger partial charge in [0.25, 0.3) is 5.91 Å². The number of nitrogens with two attached hydrogens (primary N) is 1. The fourth-order valence-electron chi connectivity index (χ4n) is 2.06. The lowest BCUT2D eigenvalue weighted by atomic mass is 10.1. The summed E-state index contributed by atoms with van der Waals surface area (Å²) in [6.45, 7) is 0. The first-order valence-electron chi connectivity index (χ1n) is 6.79. The Balaban J connectivity index is 2.30. The quantitative estimate of drug-likeness (QED) is 0.858. The van der Waals surface area contributed by atoms with Crippen molar-refractivity contribution < 1.29 is 27.5 Å². The lowest BCUT2D eigenvalue weighted by Crippen LogP contribution is -2.16. The monoisotopic (exact) mass is 372 g/mol. The smallest absolute Gasteiger partial charge is 0.419 e. The number of hydrogen-bond acceptors (Lipinski definition) is 3. The van der Waals surface area contributed by atoms with Crippen molar-refractivity contribution in [3.63, 3.8) is 0 Å². The van der Waals surface area contributed by atoms with E-state index >= 15 is 0 Å². The van der Waals surface area contributed by atoms with Crippen LogP contribution in [0.25, 0.3) is 0 Å². The molecule has 0 aromatic heterocycles. The summed E-state index contributed by atoms with van der Waals surface area (Å²) in [5.74, 6) is -1.95. The highest BCUT2D eigenvalue weighted by Crippen LogP contribution is 2.36. The summed E-state index contributed by atoms with van der Waals surface area (Å²) >= 11 is 5.81. The summed E-state index contributed by atoms with van der Waals surface area (Å²) in [5, 5.41) is 2.56. The van der Waals surface area contributed by atoms with Gasteiger partial charge in [-0.05, 0) is 36.4 Å². The van der Waals surface area contributed by atoms with E-state index in [9.17, 15) is 22.8 Å². The third kappa shape index (κ3) is 4.21. The van der Waals surface area contributed by atoms with Crippen molar-refractivity contribution >= 4 is 29.1 Å². The zero-order valence-corrected chi connectivity index (χ0v) is 13.5. The third-order valence-corrected chi connectivity index (χ3v) is 3.59. The van der Waals surface area contributed by atoms with E-state index in [0.29, 0.717) is 0 Å². The zero-order chi connectivity index (χ0) is 18.8. The van der Waals surface area contributed by atoms with Crippen LogP contribution in [0.4, 0.5) is 18.9 Å². The van der Waals surface area contributed by atoms with Gasteiger partial charge >= 0.3 is 6.18 Å². The fourth-order valence-corrected chi connectivity index (χ4v) is 2.27. The number of ether oxygens (including phenoxy) is 1. The molecule has 0 aliphatic heterocycles. The summed E-state index contributed by atoms with van der Waals surface area (Å²) in [4.78, 5) is 23.5. The molecule has 2 aromatic carbocycles. The van der Waals surface area contributed by atoms with Crippen LogP contribution >= 0.6 is 11.6 Å².